The molecule has 0 bridgehead atoms. The molecule has 0 spiro atoms. The minimum absolute atomic E-state index is 0.259. The summed E-state index contributed by atoms with van der Waals surface area (Å²) in [5.41, 5.74) is 3.64. The van der Waals surface area contributed by atoms with E-state index in [9.17, 15) is 4.79 Å². The lowest BCUT2D eigenvalue weighted by Gasteiger charge is -2.30. The number of hydrogen-bond acceptors (Lipinski definition) is 6. The highest BCUT2D eigenvalue weighted by Crippen LogP contribution is 2.25. The Bertz CT molecular complexity index is 772. The van der Waals surface area contributed by atoms with Crippen LogP contribution in [0.4, 0.5) is 11.4 Å². The fourth-order valence-electron chi connectivity index (χ4n) is 2.86. The molecule has 1 amide bonds. The van der Waals surface area contributed by atoms with E-state index in [1.54, 1.807) is 38.7 Å². The van der Waals surface area contributed by atoms with E-state index in [1.165, 1.54) is 0 Å². The van der Waals surface area contributed by atoms with E-state index in [1.807, 2.05) is 26.0 Å². The summed E-state index contributed by atoms with van der Waals surface area (Å²) < 4.78 is 0. The number of piperazine rings is 1. The Hall–Kier alpha value is -2.80. The van der Waals surface area contributed by atoms with Gasteiger partial charge in [0, 0.05) is 56.9 Å². The topological polar surface area (TPSA) is 82.0 Å². The second-order valence-corrected chi connectivity index (χ2v) is 6.09. The van der Waals surface area contributed by atoms with Gasteiger partial charge in [0.15, 0.2) is 0 Å². The average Bonchev–Trinajstić information content (AvgIpc) is 2.71. The second-order valence-electron chi connectivity index (χ2n) is 6.09. The fraction of sp³-hybridized carbons (Fsp3) is 0.400. The number of aliphatic imine (C=N–C) groups is 2. The number of allylic oxidation sites excluding steroid dienone is 3. The predicted molar refractivity (Wildman–Crippen MR) is 113 cm³/mol. The van der Waals surface area contributed by atoms with E-state index in [0.717, 1.165) is 43.2 Å². The number of nitrogens with one attached hydrogen (secondary N) is 2. The van der Waals surface area contributed by atoms with E-state index in [4.69, 9.17) is 0 Å². The lowest BCUT2D eigenvalue weighted by molar-refractivity contribution is -0.112. The number of pyridine rings is 1. The molecular formula is C20H28N6O. The zero-order valence-corrected chi connectivity index (χ0v) is 16.5. The van der Waals surface area contributed by atoms with Crippen molar-refractivity contribution < 1.29 is 4.79 Å². The molecule has 144 valence electrons. The first kappa shape index (κ1) is 20.5. The Kier molecular flexibility index (Phi) is 7.88. The lowest BCUT2D eigenvalue weighted by Crippen LogP contribution is -2.43. The number of hydrogen-bond donors (Lipinski definition) is 2. The van der Waals surface area contributed by atoms with E-state index in [-0.39, 0.29) is 5.91 Å². The third-order valence-corrected chi connectivity index (χ3v) is 4.30. The van der Waals surface area contributed by atoms with Crippen LogP contribution in [0.1, 0.15) is 20.8 Å². The number of nitrogens with zero attached hydrogens (tertiary/aromatic N) is 4. The van der Waals surface area contributed by atoms with Crippen molar-refractivity contribution in [2.75, 3.05) is 43.4 Å². The van der Waals surface area contributed by atoms with Crippen LogP contribution in [-0.4, -0.2) is 56.0 Å². The number of amides is 1. The van der Waals surface area contributed by atoms with Gasteiger partial charge in [-0.3, -0.25) is 14.8 Å². The van der Waals surface area contributed by atoms with Crippen LogP contribution in [0.15, 0.2) is 51.9 Å². The molecule has 1 aliphatic heterocycles. The van der Waals surface area contributed by atoms with E-state index in [2.05, 4.69) is 30.5 Å². The third kappa shape index (κ3) is 5.59. The minimum atomic E-state index is -0.259. The largest absolute Gasteiger partial charge is 0.367 e. The first-order valence-corrected chi connectivity index (χ1v) is 9.12. The number of anilines is 2. The Morgan fingerprint density at radius 3 is 2.67 bits per heavy atom. The van der Waals surface area contributed by atoms with Gasteiger partial charge in [-0.25, -0.2) is 4.99 Å². The summed E-state index contributed by atoms with van der Waals surface area (Å²) in [6.45, 7) is 9.21. The molecule has 1 aromatic heterocycles. The first-order valence-electron chi connectivity index (χ1n) is 9.12. The SMILES string of the molecule is C\C=C(/N=C(C)/C(C=NC)=C/C)C(=O)Nc1cnccc1N1CCNCC1. The molecule has 1 aromatic rings. The normalized spacial score (nSPS) is 16.7. The Morgan fingerprint density at radius 1 is 1.30 bits per heavy atom. The maximum Gasteiger partial charge on any atom is 0.274 e. The van der Waals surface area contributed by atoms with Crippen molar-refractivity contribution in [3.63, 3.8) is 0 Å². The van der Waals surface area contributed by atoms with Crippen LogP contribution in [0.3, 0.4) is 0 Å². The quantitative estimate of drug-likeness (QED) is 0.597. The molecule has 27 heavy (non-hydrogen) atoms. The smallest absolute Gasteiger partial charge is 0.274 e. The van der Waals surface area contributed by atoms with Crippen molar-refractivity contribution in [3.05, 3.63) is 41.9 Å². The van der Waals surface area contributed by atoms with Gasteiger partial charge in [0.25, 0.3) is 5.91 Å². The highest BCUT2D eigenvalue weighted by Gasteiger charge is 2.17. The molecule has 0 atom stereocenters. The van der Waals surface area contributed by atoms with Crippen LogP contribution in [-0.2, 0) is 4.79 Å². The van der Waals surface area contributed by atoms with E-state index >= 15 is 0 Å². The first-order chi connectivity index (χ1) is 13.1. The number of aromatic nitrogens is 1. The van der Waals surface area contributed by atoms with Crippen molar-refractivity contribution in [1.82, 2.24) is 10.3 Å². The van der Waals surface area contributed by atoms with E-state index < -0.39 is 0 Å². The summed E-state index contributed by atoms with van der Waals surface area (Å²) in [7, 11) is 1.71. The highest BCUT2D eigenvalue weighted by atomic mass is 16.2. The lowest BCUT2D eigenvalue weighted by atomic mass is 10.2. The molecule has 0 aliphatic carbocycles. The van der Waals surface area contributed by atoms with Crippen LogP contribution in [0, 0.1) is 0 Å². The molecule has 2 N–H and O–H groups in total. The van der Waals surface area contributed by atoms with Crippen molar-refractivity contribution >= 4 is 29.2 Å². The van der Waals surface area contributed by atoms with Crippen molar-refractivity contribution in [3.8, 4) is 0 Å². The molecule has 0 radical (unpaired) electrons. The third-order valence-electron chi connectivity index (χ3n) is 4.30. The number of carbonyl (C=O) groups excluding carboxylic acids is 1. The Morgan fingerprint density at radius 2 is 2.04 bits per heavy atom. The highest BCUT2D eigenvalue weighted by molar-refractivity contribution is 6.17. The van der Waals surface area contributed by atoms with Gasteiger partial charge >= 0.3 is 0 Å². The molecule has 1 fully saturated rings. The molecule has 1 aliphatic rings. The molecule has 7 nitrogen and oxygen atoms in total. The van der Waals surface area contributed by atoms with Gasteiger partial charge in [-0.2, -0.15) is 0 Å². The molecule has 0 aromatic carbocycles. The van der Waals surface area contributed by atoms with Gasteiger partial charge in [-0.15, -0.1) is 0 Å². The van der Waals surface area contributed by atoms with Crippen LogP contribution >= 0.6 is 0 Å². The van der Waals surface area contributed by atoms with Gasteiger partial charge in [0.1, 0.15) is 5.70 Å². The van der Waals surface area contributed by atoms with Gasteiger partial charge in [-0.05, 0) is 26.8 Å². The summed E-state index contributed by atoms with van der Waals surface area (Å²) >= 11 is 0. The Balaban J connectivity index is 2.20. The summed E-state index contributed by atoms with van der Waals surface area (Å²) in [6, 6.07) is 1.93. The zero-order valence-electron chi connectivity index (χ0n) is 16.5. The molecule has 2 heterocycles. The summed E-state index contributed by atoms with van der Waals surface area (Å²) in [6.07, 6.45) is 8.78. The second kappa shape index (κ2) is 10.4. The average molecular weight is 368 g/mol. The molecular weight excluding hydrogens is 340 g/mol. The summed E-state index contributed by atoms with van der Waals surface area (Å²) in [5, 5.41) is 6.29. The van der Waals surface area contributed by atoms with Crippen molar-refractivity contribution in [2.24, 2.45) is 9.98 Å². The Labute approximate surface area is 161 Å². The number of rotatable bonds is 6. The maximum absolute atomic E-state index is 12.8. The molecule has 0 saturated carbocycles. The monoisotopic (exact) mass is 368 g/mol. The van der Waals surface area contributed by atoms with Gasteiger partial charge in [0.05, 0.1) is 17.6 Å². The van der Waals surface area contributed by atoms with Gasteiger partial charge < -0.3 is 15.5 Å². The van der Waals surface area contributed by atoms with Crippen molar-refractivity contribution in [1.29, 1.82) is 0 Å². The maximum atomic E-state index is 12.8. The van der Waals surface area contributed by atoms with Gasteiger partial charge in [0.2, 0.25) is 0 Å². The van der Waals surface area contributed by atoms with Crippen LogP contribution in [0.2, 0.25) is 0 Å². The number of carbonyl (C=O) groups is 1. The minimum Gasteiger partial charge on any atom is -0.367 e. The zero-order chi connectivity index (χ0) is 19.6. The summed E-state index contributed by atoms with van der Waals surface area (Å²) in [4.78, 5) is 27.7. The van der Waals surface area contributed by atoms with Crippen molar-refractivity contribution in [2.45, 2.75) is 20.8 Å². The fourth-order valence-corrected chi connectivity index (χ4v) is 2.86. The molecule has 2 rings (SSSR count). The van der Waals surface area contributed by atoms with E-state index in [0.29, 0.717) is 11.4 Å². The molecule has 1 saturated heterocycles. The molecule has 7 heteroatoms. The van der Waals surface area contributed by atoms with Crippen LogP contribution in [0.25, 0.3) is 0 Å². The molecule has 0 unspecified atom stereocenters. The van der Waals surface area contributed by atoms with Crippen LogP contribution in [0.5, 0.6) is 0 Å². The van der Waals surface area contributed by atoms with Crippen LogP contribution < -0.4 is 15.5 Å². The predicted octanol–water partition coefficient (Wildman–Crippen LogP) is 2.44. The summed E-state index contributed by atoms with van der Waals surface area (Å²) in [5.74, 6) is -0.259. The van der Waals surface area contributed by atoms with Gasteiger partial charge in [-0.1, -0.05) is 12.2 Å². The standard InChI is InChI=1S/C20H28N6O/c1-5-16(13-21-4)15(3)24-17(6-2)20(27)25-18-14-23-8-7-19(18)26-11-9-22-10-12-26/h5-8,13-14,22H,9-12H2,1-4H3,(H,25,27)/b16-5+,17-6-,21-13?,24-15+.